The minimum absolute atomic E-state index is 0.191. The largest absolute Gasteiger partial charge is 0.478 e. The number of aryl methyl sites for hydroxylation is 1. The first-order valence-corrected chi connectivity index (χ1v) is 9.69. The van der Waals surface area contributed by atoms with E-state index in [1.807, 2.05) is 12.1 Å². The third kappa shape index (κ3) is 3.71. The highest BCUT2D eigenvalue weighted by atomic mass is 16.4. The van der Waals surface area contributed by atoms with Crippen LogP contribution in [0.2, 0.25) is 0 Å². The van der Waals surface area contributed by atoms with Crippen molar-refractivity contribution in [1.82, 2.24) is 0 Å². The summed E-state index contributed by atoms with van der Waals surface area (Å²) in [4.78, 5) is 11.0. The predicted molar refractivity (Wildman–Crippen MR) is 113 cm³/mol. The monoisotopic (exact) mass is 362 g/mol. The number of carbonyl (C=O) groups is 1. The van der Waals surface area contributed by atoms with Gasteiger partial charge in [-0.3, -0.25) is 0 Å². The van der Waals surface area contributed by atoms with Crippen LogP contribution in [0.3, 0.4) is 0 Å². The Bertz CT molecular complexity index is 912. The fourth-order valence-electron chi connectivity index (χ4n) is 4.20. The molecule has 0 saturated heterocycles. The number of carboxylic acid groups (broad SMARTS) is 1. The molecule has 0 unspecified atom stereocenters. The minimum atomic E-state index is -0.891. The molecule has 2 heteroatoms. The molecule has 0 radical (unpaired) electrons. The second-order valence-corrected chi connectivity index (χ2v) is 9.23. The van der Waals surface area contributed by atoms with Crippen molar-refractivity contribution in [2.24, 2.45) is 0 Å². The lowest BCUT2D eigenvalue weighted by Crippen LogP contribution is -2.34. The zero-order valence-corrected chi connectivity index (χ0v) is 17.3. The third-order valence-electron chi connectivity index (χ3n) is 6.16. The van der Waals surface area contributed by atoms with Crippen LogP contribution in [0.5, 0.6) is 0 Å². The first-order chi connectivity index (χ1) is 12.5. The van der Waals surface area contributed by atoms with Crippen LogP contribution in [0.1, 0.15) is 85.6 Å². The smallest absolute Gasteiger partial charge is 0.335 e. The molecule has 142 valence electrons. The molecular weight excluding hydrogens is 332 g/mol. The van der Waals surface area contributed by atoms with Crippen LogP contribution in [0.15, 0.2) is 36.4 Å². The van der Waals surface area contributed by atoms with E-state index in [-0.39, 0.29) is 10.8 Å². The van der Waals surface area contributed by atoms with E-state index in [0.29, 0.717) is 5.56 Å². The number of hydrogen-bond donors (Lipinski definition) is 1. The molecule has 0 spiro atoms. The van der Waals surface area contributed by atoms with E-state index in [4.69, 9.17) is 5.11 Å². The van der Waals surface area contributed by atoms with Gasteiger partial charge in [0, 0.05) is 0 Å². The normalized spacial score (nSPS) is 18.1. The molecule has 0 saturated carbocycles. The van der Waals surface area contributed by atoms with Crippen molar-refractivity contribution in [1.29, 1.82) is 0 Å². The molecule has 0 bridgehead atoms. The van der Waals surface area contributed by atoms with Crippen LogP contribution in [0.4, 0.5) is 0 Å². The number of rotatable bonds is 3. The van der Waals surface area contributed by atoms with Gasteiger partial charge >= 0.3 is 5.97 Å². The van der Waals surface area contributed by atoms with Gasteiger partial charge in [0.15, 0.2) is 0 Å². The molecule has 3 rings (SSSR count). The maximum Gasteiger partial charge on any atom is 0.335 e. The Morgan fingerprint density at radius 3 is 2.00 bits per heavy atom. The predicted octanol–water partition coefficient (Wildman–Crippen LogP) is 6.60. The van der Waals surface area contributed by atoms with E-state index < -0.39 is 5.97 Å². The standard InChI is InChI=1S/C25H30O2/c1-16(13-18-7-9-19(10-8-18)23(26)27)20-15-22-21(14-17(20)2)24(3,4)11-12-25(22,5)6/h7-10,13-15H,11-12H2,1-6H3,(H,26,27)/b16-13-. The third-order valence-corrected chi connectivity index (χ3v) is 6.16. The zero-order valence-electron chi connectivity index (χ0n) is 17.3. The van der Waals surface area contributed by atoms with E-state index >= 15 is 0 Å². The fraction of sp³-hybridized carbons (Fsp3) is 0.400. The van der Waals surface area contributed by atoms with Crippen LogP contribution in [0, 0.1) is 6.92 Å². The van der Waals surface area contributed by atoms with Gasteiger partial charge in [0.25, 0.3) is 0 Å². The Hall–Kier alpha value is -2.35. The maximum absolute atomic E-state index is 11.0. The average molecular weight is 363 g/mol. The van der Waals surface area contributed by atoms with Gasteiger partial charge in [0.1, 0.15) is 0 Å². The summed E-state index contributed by atoms with van der Waals surface area (Å²) < 4.78 is 0. The van der Waals surface area contributed by atoms with Crippen molar-refractivity contribution in [3.63, 3.8) is 0 Å². The lowest BCUT2D eigenvalue weighted by molar-refractivity contribution is 0.0697. The van der Waals surface area contributed by atoms with Gasteiger partial charge < -0.3 is 5.11 Å². The molecule has 1 N–H and O–H groups in total. The molecule has 0 heterocycles. The van der Waals surface area contributed by atoms with E-state index in [1.165, 1.54) is 40.7 Å². The first-order valence-electron chi connectivity index (χ1n) is 9.69. The van der Waals surface area contributed by atoms with Crippen LogP contribution >= 0.6 is 0 Å². The van der Waals surface area contributed by atoms with Crippen LogP contribution in [0.25, 0.3) is 11.6 Å². The number of benzene rings is 2. The van der Waals surface area contributed by atoms with Crippen molar-refractivity contribution in [2.75, 3.05) is 0 Å². The van der Waals surface area contributed by atoms with Crippen molar-refractivity contribution in [2.45, 2.75) is 65.2 Å². The van der Waals surface area contributed by atoms with Gasteiger partial charge in [-0.15, -0.1) is 0 Å². The fourth-order valence-corrected chi connectivity index (χ4v) is 4.20. The maximum atomic E-state index is 11.0. The minimum Gasteiger partial charge on any atom is -0.478 e. The number of aromatic carboxylic acids is 1. The zero-order chi connectivity index (χ0) is 20.0. The van der Waals surface area contributed by atoms with E-state index in [2.05, 4.69) is 59.8 Å². The molecule has 0 atom stereocenters. The summed E-state index contributed by atoms with van der Waals surface area (Å²) in [6.45, 7) is 13.7. The number of fused-ring (bicyclic) bond motifs is 1. The Balaban J connectivity index is 2.05. The summed E-state index contributed by atoms with van der Waals surface area (Å²) in [7, 11) is 0. The van der Waals surface area contributed by atoms with E-state index in [1.54, 1.807) is 12.1 Å². The van der Waals surface area contributed by atoms with Crippen LogP contribution in [-0.2, 0) is 10.8 Å². The molecule has 2 nitrogen and oxygen atoms in total. The van der Waals surface area contributed by atoms with Crippen molar-refractivity contribution in [3.05, 3.63) is 69.8 Å². The lowest BCUT2D eigenvalue weighted by atomic mass is 9.62. The molecule has 0 amide bonds. The van der Waals surface area contributed by atoms with Gasteiger partial charge in [-0.25, -0.2) is 4.79 Å². The summed E-state index contributed by atoms with van der Waals surface area (Å²) in [5, 5.41) is 9.06. The molecule has 27 heavy (non-hydrogen) atoms. The quantitative estimate of drug-likeness (QED) is 0.624. The lowest BCUT2D eigenvalue weighted by Gasteiger charge is -2.42. The molecule has 2 aromatic carbocycles. The first kappa shape index (κ1) is 19.4. The summed E-state index contributed by atoms with van der Waals surface area (Å²) in [6, 6.07) is 11.8. The molecule has 0 aliphatic heterocycles. The molecule has 1 aliphatic rings. The van der Waals surface area contributed by atoms with Crippen LogP contribution in [-0.4, -0.2) is 11.1 Å². The van der Waals surface area contributed by atoms with Crippen molar-refractivity contribution < 1.29 is 9.90 Å². The molecular formula is C25H30O2. The van der Waals surface area contributed by atoms with Gasteiger partial charge in [-0.2, -0.15) is 0 Å². The number of hydrogen-bond acceptors (Lipinski definition) is 1. The van der Waals surface area contributed by atoms with Gasteiger partial charge in [-0.1, -0.05) is 58.0 Å². The van der Waals surface area contributed by atoms with Crippen molar-refractivity contribution in [3.8, 4) is 0 Å². The SMILES string of the molecule is C/C(=C/c1ccc(C(=O)O)cc1)c1cc2c(cc1C)C(C)(C)CCC2(C)C. The highest BCUT2D eigenvalue weighted by Gasteiger charge is 2.37. The van der Waals surface area contributed by atoms with Crippen LogP contribution < -0.4 is 0 Å². The molecule has 0 fully saturated rings. The number of allylic oxidation sites excluding steroid dienone is 1. The molecule has 0 aromatic heterocycles. The van der Waals surface area contributed by atoms with Crippen molar-refractivity contribution >= 4 is 17.6 Å². The van der Waals surface area contributed by atoms with E-state index in [9.17, 15) is 4.79 Å². The topological polar surface area (TPSA) is 37.3 Å². The van der Waals surface area contributed by atoms with Gasteiger partial charge in [0.2, 0.25) is 0 Å². The summed E-state index contributed by atoms with van der Waals surface area (Å²) in [6.07, 6.45) is 4.56. The summed E-state index contributed by atoms with van der Waals surface area (Å²) in [5.41, 5.74) is 8.49. The Kier molecular flexibility index (Phi) is 4.80. The number of carboxylic acids is 1. The summed E-state index contributed by atoms with van der Waals surface area (Å²) in [5.74, 6) is -0.891. The van der Waals surface area contributed by atoms with Gasteiger partial charge in [-0.05, 0) is 83.0 Å². The summed E-state index contributed by atoms with van der Waals surface area (Å²) >= 11 is 0. The molecule has 1 aliphatic carbocycles. The second kappa shape index (κ2) is 6.67. The average Bonchev–Trinajstić information content (AvgIpc) is 2.59. The Labute approximate surface area is 162 Å². The van der Waals surface area contributed by atoms with Gasteiger partial charge in [0.05, 0.1) is 5.56 Å². The van der Waals surface area contributed by atoms with E-state index in [0.717, 1.165) is 5.56 Å². The highest BCUT2D eigenvalue weighted by Crippen LogP contribution is 2.47. The molecule has 2 aromatic rings. The second-order valence-electron chi connectivity index (χ2n) is 9.23. The highest BCUT2D eigenvalue weighted by molar-refractivity contribution is 5.88. The Morgan fingerprint density at radius 1 is 0.963 bits per heavy atom. The Morgan fingerprint density at radius 2 is 1.48 bits per heavy atom.